The van der Waals surface area contributed by atoms with Gasteiger partial charge < -0.3 is 10.3 Å². The largest absolute Gasteiger partial charge is 0.358 e. The maximum absolute atomic E-state index is 12.8. The molecule has 1 aliphatic carbocycles. The molecule has 0 fully saturated rings. The lowest BCUT2D eigenvalue weighted by Crippen LogP contribution is -2.12. The third-order valence-corrected chi connectivity index (χ3v) is 5.48. The Kier molecular flexibility index (Phi) is 3.53. The van der Waals surface area contributed by atoms with E-state index in [0.717, 1.165) is 35.1 Å². The van der Waals surface area contributed by atoms with Gasteiger partial charge in [-0.25, -0.2) is 4.98 Å². The SMILES string of the molecule is Cc1nn(C)c2ncc(NC(=O)c3ccc4[nH]c5c(c4c3)CCCC5)cc12. The molecule has 1 amide bonds. The fraction of sp³-hybridized carbons (Fsp3) is 0.286. The average molecular weight is 359 g/mol. The molecule has 4 aromatic rings. The second-order valence-corrected chi connectivity index (χ2v) is 7.31. The summed E-state index contributed by atoms with van der Waals surface area (Å²) in [7, 11) is 1.87. The number of nitrogens with zero attached hydrogens (tertiary/aromatic N) is 3. The number of nitrogens with one attached hydrogen (secondary N) is 2. The maximum atomic E-state index is 12.8. The zero-order chi connectivity index (χ0) is 18.5. The van der Waals surface area contributed by atoms with Crippen LogP contribution in [0.3, 0.4) is 0 Å². The van der Waals surface area contributed by atoms with Gasteiger partial charge in [-0.05, 0) is 62.4 Å². The van der Waals surface area contributed by atoms with Gasteiger partial charge in [0.15, 0.2) is 5.65 Å². The van der Waals surface area contributed by atoms with Crippen LogP contribution < -0.4 is 5.32 Å². The van der Waals surface area contributed by atoms with Gasteiger partial charge in [-0.1, -0.05) is 0 Å². The first-order valence-electron chi connectivity index (χ1n) is 9.34. The number of carbonyl (C=O) groups is 1. The maximum Gasteiger partial charge on any atom is 0.255 e. The van der Waals surface area contributed by atoms with Crippen molar-refractivity contribution < 1.29 is 4.79 Å². The van der Waals surface area contributed by atoms with Gasteiger partial charge in [0.05, 0.1) is 17.6 Å². The van der Waals surface area contributed by atoms with Gasteiger partial charge in [-0.3, -0.25) is 9.48 Å². The molecule has 0 bridgehead atoms. The van der Waals surface area contributed by atoms with Crippen molar-refractivity contribution in [2.75, 3.05) is 5.32 Å². The van der Waals surface area contributed by atoms with E-state index in [0.29, 0.717) is 11.3 Å². The molecule has 0 atom stereocenters. The summed E-state index contributed by atoms with van der Waals surface area (Å²) in [6.45, 7) is 1.94. The van der Waals surface area contributed by atoms with Crippen LogP contribution in [-0.4, -0.2) is 25.7 Å². The summed E-state index contributed by atoms with van der Waals surface area (Å²) < 4.78 is 1.75. The highest BCUT2D eigenvalue weighted by Crippen LogP contribution is 2.30. The third-order valence-electron chi connectivity index (χ3n) is 5.48. The normalized spacial score (nSPS) is 13.9. The topological polar surface area (TPSA) is 75.6 Å². The molecule has 3 heterocycles. The first kappa shape index (κ1) is 16.1. The van der Waals surface area contributed by atoms with E-state index in [2.05, 4.69) is 20.4 Å². The molecule has 1 aromatic carbocycles. The fourth-order valence-electron chi connectivity index (χ4n) is 4.13. The molecule has 1 aliphatic rings. The summed E-state index contributed by atoms with van der Waals surface area (Å²) in [5.41, 5.74) is 6.88. The molecule has 0 saturated carbocycles. The molecular formula is C21H21N5O. The summed E-state index contributed by atoms with van der Waals surface area (Å²) in [6, 6.07) is 7.82. The standard InChI is InChI=1S/C21H21N5O/c1-12-16-10-14(11-22-20(16)26(2)25-12)23-21(27)13-7-8-19-17(9-13)15-5-3-4-6-18(15)24-19/h7-11,24H,3-6H2,1-2H3,(H,23,27). The molecule has 3 aromatic heterocycles. The predicted molar refractivity (Wildman–Crippen MR) is 106 cm³/mol. The smallest absolute Gasteiger partial charge is 0.255 e. The molecule has 5 rings (SSSR count). The Morgan fingerprint density at radius 3 is 2.93 bits per heavy atom. The van der Waals surface area contributed by atoms with Crippen LogP contribution in [0.15, 0.2) is 30.5 Å². The van der Waals surface area contributed by atoms with E-state index in [9.17, 15) is 4.79 Å². The second kappa shape index (κ2) is 5.94. The van der Waals surface area contributed by atoms with E-state index < -0.39 is 0 Å². The van der Waals surface area contributed by atoms with Crippen molar-refractivity contribution in [2.24, 2.45) is 7.05 Å². The summed E-state index contributed by atoms with van der Waals surface area (Å²) >= 11 is 0. The van der Waals surface area contributed by atoms with Crippen molar-refractivity contribution in [1.82, 2.24) is 19.7 Å². The molecule has 6 nitrogen and oxygen atoms in total. The number of rotatable bonds is 2. The van der Waals surface area contributed by atoms with Crippen molar-refractivity contribution in [3.63, 3.8) is 0 Å². The lowest BCUT2D eigenvalue weighted by atomic mass is 9.95. The Hall–Kier alpha value is -3.15. The number of carbonyl (C=O) groups excluding carboxylic acids is 1. The van der Waals surface area contributed by atoms with Crippen molar-refractivity contribution >= 4 is 33.5 Å². The van der Waals surface area contributed by atoms with Crippen LogP contribution in [0.4, 0.5) is 5.69 Å². The Labute approximate surface area is 156 Å². The summed E-state index contributed by atoms with van der Waals surface area (Å²) in [4.78, 5) is 20.7. The van der Waals surface area contributed by atoms with Crippen LogP contribution in [-0.2, 0) is 19.9 Å². The summed E-state index contributed by atoms with van der Waals surface area (Å²) in [5.74, 6) is -0.120. The lowest BCUT2D eigenvalue weighted by molar-refractivity contribution is 0.102. The van der Waals surface area contributed by atoms with Gasteiger partial charge in [0.1, 0.15) is 0 Å². The molecule has 0 unspecified atom stereocenters. The van der Waals surface area contributed by atoms with Crippen LogP contribution >= 0.6 is 0 Å². The molecule has 0 aliphatic heterocycles. The highest BCUT2D eigenvalue weighted by Gasteiger charge is 2.17. The molecule has 6 heteroatoms. The number of hydrogen-bond donors (Lipinski definition) is 2. The predicted octanol–water partition coefficient (Wildman–Crippen LogP) is 3.89. The Bertz CT molecular complexity index is 1200. The number of hydrogen-bond acceptors (Lipinski definition) is 3. The number of aromatic amines is 1. The number of anilines is 1. The molecule has 136 valence electrons. The number of aryl methyl sites for hydroxylation is 4. The second-order valence-electron chi connectivity index (χ2n) is 7.31. The van der Waals surface area contributed by atoms with E-state index in [1.165, 1.54) is 29.5 Å². The third kappa shape index (κ3) is 2.60. The molecule has 0 spiro atoms. The molecule has 0 saturated heterocycles. The van der Waals surface area contributed by atoms with Gasteiger partial charge in [-0.2, -0.15) is 5.10 Å². The van der Waals surface area contributed by atoms with Gasteiger partial charge in [-0.15, -0.1) is 0 Å². The van der Waals surface area contributed by atoms with Crippen molar-refractivity contribution in [3.05, 3.63) is 53.0 Å². The lowest BCUT2D eigenvalue weighted by Gasteiger charge is -2.10. The average Bonchev–Trinajstić information content (AvgIpc) is 3.18. The molecule has 0 radical (unpaired) electrons. The van der Waals surface area contributed by atoms with E-state index in [-0.39, 0.29) is 5.91 Å². The minimum absolute atomic E-state index is 0.120. The number of H-pyrrole nitrogens is 1. The first-order valence-corrected chi connectivity index (χ1v) is 9.34. The Balaban J connectivity index is 1.48. The molecule has 27 heavy (non-hydrogen) atoms. The van der Waals surface area contributed by atoms with Crippen LogP contribution in [0.2, 0.25) is 0 Å². The van der Waals surface area contributed by atoms with Crippen molar-refractivity contribution in [2.45, 2.75) is 32.6 Å². The Morgan fingerprint density at radius 2 is 2.04 bits per heavy atom. The van der Waals surface area contributed by atoms with Gasteiger partial charge in [0, 0.05) is 34.6 Å². The van der Waals surface area contributed by atoms with E-state index in [4.69, 9.17) is 0 Å². The van der Waals surface area contributed by atoms with Crippen molar-refractivity contribution in [3.8, 4) is 0 Å². The van der Waals surface area contributed by atoms with E-state index in [1.807, 2.05) is 38.2 Å². The minimum atomic E-state index is -0.120. The minimum Gasteiger partial charge on any atom is -0.358 e. The van der Waals surface area contributed by atoms with E-state index >= 15 is 0 Å². The number of aromatic nitrogens is 4. The van der Waals surface area contributed by atoms with Crippen molar-refractivity contribution in [1.29, 1.82) is 0 Å². The van der Waals surface area contributed by atoms with Gasteiger partial charge in [0.25, 0.3) is 5.91 Å². The van der Waals surface area contributed by atoms with Crippen LogP contribution in [0, 0.1) is 6.92 Å². The van der Waals surface area contributed by atoms with Gasteiger partial charge in [0.2, 0.25) is 0 Å². The summed E-state index contributed by atoms with van der Waals surface area (Å²) in [6.07, 6.45) is 6.31. The highest BCUT2D eigenvalue weighted by atomic mass is 16.1. The number of benzene rings is 1. The van der Waals surface area contributed by atoms with Crippen LogP contribution in [0.1, 0.15) is 40.2 Å². The Morgan fingerprint density at radius 1 is 1.19 bits per heavy atom. The monoisotopic (exact) mass is 359 g/mol. The fourth-order valence-corrected chi connectivity index (χ4v) is 4.13. The zero-order valence-corrected chi connectivity index (χ0v) is 15.5. The zero-order valence-electron chi connectivity index (χ0n) is 15.5. The summed E-state index contributed by atoms with van der Waals surface area (Å²) in [5, 5.41) is 9.48. The van der Waals surface area contributed by atoms with E-state index in [1.54, 1.807) is 10.9 Å². The number of pyridine rings is 1. The van der Waals surface area contributed by atoms with Gasteiger partial charge >= 0.3 is 0 Å². The molecular weight excluding hydrogens is 338 g/mol. The number of amides is 1. The quantitative estimate of drug-likeness (QED) is 0.570. The molecule has 2 N–H and O–H groups in total. The van der Waals surface area contributed by atoms with Crippen LogP contribution in [0.5, 0.6) is 0 Å². The highest BCUT2D eigenvalue weighted by molar-refractivity contribution is 6.07. The first-order chi connectivity index (χ1) is 13.1. The number of fused-ring (bicyclic) bond motifs is 4. The van der Waals surface area contributed by atoms with Crippen LogP contribution in [0.25, 0.3) is 21.9 Å².